The minimum Gasteiger partial charge on any atom is -0.398 e. The van der Waals surface area contributed by atoms with Gasteiger partial charge in [0.15, 0.2) is 9.84 Å². The fourth-order valence-corrected chi connectivity index (χ4v) is 3.88. The first kappa shape index (κ1) is 11.3. The summed E-state index contributed by atoms with van der Waals surface area (Å²) in [6.07, 6.45) is 3.64. The smallest absolute Gasteiger partial charge is 0.153 e. The highest BCUT2D eigenvalue weighted by atomic mass is 32.2. The van der Waals surface area contributed by atoms with Gasteiger partial charge in [-0.25, -0.2) is 8.42 Å². The molecule has 0 spiro atoms. The molecule has 0 aliphatic carbocycles. The maximum absolute atomic E-state index is 11.3. The molecule has 1 atom stereocenters. The third-order valence-electron chi connectivity index (χ3n) is 2.83. The van der Waals surface area contributed by atoms with Crippen molar-refractivity contribution in [1.82, 2.24) is 4.98 Å². The Morgan fingerprint density at radius 3 is 2.88 bits per heavy atom. The highest BCUT2D eigenvalue weighted by Crippen LogP contribution is 2.28. The van der Waals surface area contributed by atoms with Crippen LogP contribution in [-0.2, 0) is 16.3 Å². The molecule has 16 heavy (non-hydrogen) atoms. The molecular weight excluding hydrogens is 228 g/mol. The maximum Gasteiger partial charge on any atom is 0.153 e. The number of rotatable bonds is 2. The van der Waals surface area contributed by atoms with Crippen molar-refractivity contribution >= 4 is 15.5 Å². The summed E-state index contributed by atoms with van der Waals surface area (Å²) in [7, 11) is -3.10. The Bertz CT molecular complexity index is 501. The van der Waals surface area contributed by atoms with Crippen LogP contribution in [0, 0.1) is 0 Å². The van der Waals surface area contributed by atoms with Crippen LogP contribution >= 0.6 is 0 Å². The Morgan fingerprint density at radius 2 is 2.31 bits per heavy atom. The molecule has 1 saturated heterocycles. The highest BCUT2D eigenvalue weighted by molar-refractivity contribution is 7.91. The van der Waals surface area contributed by atoms with Gasteiger partial charge in [-0.1, -0.05) is 0 Å². The Kier molecular flexibility index (Phi) is 2.63. The van der Waals surface area contributed by atoms with E-state index in [1.807, 2.05) is 0 Å². The molecule has 1 unspecified atom stereocenters. The number of hydrogen-bond donors (Lipinski definition) is 2. The molecule has 1 aliphatic heterocycles. The third kappa shape index (κ3) is 2.33. The summed E-state index contributed by atoms with van der Waals surface area (Å²) in [5, 5.41) is 10.1. The molecule has 0 bridgehead atoms. The minimum atomic E-state index is -3.10. The van der Waals surface area contributed by atoms with Crippen molar-refractivity contribution < 1.29 is 13.5 Å². The molecule has 0 saturated carbocycles. The van der Waals surface area contributed by atoms with Crippen LogP contribution in [0.25, 0.3) is 0 Å². The molecular formula is C10H14N2O3S. The molecule has 2 heterocycles. The van der Waals surface area contributed by atoms with Crippen molar-refractivity contribution in [2.24, 2.45) is 0 Å². The van der Waals surface area contributed by atoms with Gasteiger partial charge in [-0.15, -0.1) is 0 Å². The number of nitrogens with zero attached hydrogens (tertiary/aromatic N) is 1. The van der Waals surface area contributed by atoms with Crippen LogP contribution in [0.1, 0.15) is 12.0 Å². The summed E-state index contributed by atoms with van der Waals surface area (Å²) in [5.41, 5.74) is 5.77. The predicted octanol–water partition coefficient (Wildman–Crippen LogP) is -0.244. The Hall–Kier alpha value is -1.14. The van der Waals surface area contributed by atoms with Crippen molar-refractivity contribution in [2.75, 3.05) is 17.2 Å². The lowest BCUT2D eigenvalue weighted by molar-refractivity contribution is 0.0682. The zero-order valence-electron chi connectivity index (χ0n) is 8.76. The number of nitrogens with two attached hydrogens (primary N) is 1. The van der Waals surface area contributed by atoms with Gasteiger partial charge in [0.2, 0.25) is 0 Å². The van der Waals surface area contributed by atoms with Crippen molar-refractivity contribution in [1.29, 1.82) is 0 Å². The highest BCUT2D eigenvalue weighted by Gasteiger charge is 2.40. The maximum atomic E-state index is 11.3. The molecule has 88 valence electrons. The van der Waals surface area contributed by atoms with E-state index < -0.39 is 15.4 Å². The van der Waals surface area contributed by atoms with Gasteiger partial charge in [0.05, 0.1) is 17.1 Å². The first-order valence-corrected chi connectivity index (χ1v) is 6.84. The normalized spacial score (nSPS) is 28.1. The number of aromatic nitrogens is 1. The average Bonchev–Trinajstić information content (AvgIpc) is 2.45. The zero-order valence-corrected chi connectivity index (χ0v) is 9.57. The fourth-order valence-electron chi connectivity index (χ4n) is 1.98. The molecule has 3 N–H and O–H groups in total. The molecule has 0 radical (unpaired) electrons. The van der Waals surface area contributed by atoms with Crippen LogP contribution in [0.2, 0.25) is 0 Å². The van der Waals surface area contributed by atoms with Crippen molar-refractivity contribution in [2.45, 2.75) is 18.4 Å². The number of aliphatic hydroxyl groups is 1. The molecule has 1 fully saturated rings. The van der Waals surface area contributed by atoms with Crippen molar-refractivity contribution in [3.63, 3.8) is 0 Å². The summed E-state index contributed by atoms with van der Waals surface area (Å²) in [6, 6.07) is 1.64. The lowest BCUT2D eigenvalue weighted by Crippen LogP contribution is -2.33. The molecule has 1 aliphatic rings. The topological polar surface area (TPSA) is 93.3 Å². The van der Waals surface area contributed by atoms with Crippen LogP contribution in [0.15, 0.2) is 18.5 Å². The molecule has 2 rings (SSSR count). The molecule has 6 heteroatoms. The summed E-state index contributed by atoms with van der Waals surface area (Å²) in [5.74, 6) is -0.141. The SMILES string of the molecule is Nc1ccncc1CC1(O)CCS(=O)(=O)C1. The van der Waals surface area contributed by atoms with Gasteiger partial charge in [0.1, 0.15) is 0 Å². The van der Waals surface area contributed by atoms with E-state index in [2.05, 4.69) is 4.98 Å². The van der Waals surface area contributed by atoms with Gasteiger partial charge in [-0.05, 0) is 18.1 Å². The first-order valence-electron chi connectivity index (χ1n) is 5.01. The van der Waals surface area contributed by atoms with E-state index in [-0.39, 0.29) is 24.3 Å². The van der Waals surface area contributed by atoms with Gasteiger partial charge in [-0.2, -0.15) is 0 Å². The molecule has 0 aromatic carbocycles. The predicted molar refractivity (Wildman–Crippen MR) is 60.6 cm³/mol. The van der Waals surface area contributed by atoms with E-state index in [9.17, 15) is 13.5 Å². The zero-order chi connectivity index (χ0) is 11.8. The van der Waals surface area contributed by atoms with Crippen molar-refractivity contribution in [3.8, 4) is 0 Å². The van der Waals surface area contributed by atoms with Crippen LogP contribution in [0.3, 0.4) is 0 Å². The van der Waals surface area contributed by atoms with Gasteiger partial charge < -0.3 is 10.8 Å². The van der Waals surface area contributed by atoms with Crippen molar-refractivity contribution in [3.05, 3.63) is 24.0 Å². The van der Waals surface area contributed by atoms with E-state index in [4.69, 9.17) is 5.73 Å². The van der Waals surface area contributed by atoms with E-state index >= 15 is 0 Å². The minimum absolute atomic E-state index is 0.0453. The van der Waals surface area contributed by atoms with Gasteiger partial charge in [0.25, 0.3) is 0 Å². The summed E-state index contributed by atoms with van der Waals surface area (Å²) < 4.78 is 22.6. The first-order chi connectivity index (χ1) is 7.40. The fraction of sp³-hybridized carbons (Fsp3) is 0.500. The summed E-state index contributed by atoms with van der Waals surface area (Å²) >= 11 is 0. The van der Waals surface area contributed by atoms with E-state index in [1.54, 1.807) is 18.5 Å². The second-order valence-electron chi connectivity index (χ2n) is 4.32. The van der Waals surface area contributed by atoms with Gasteiger partial charge >= 0.3 is 0 Å². The van der Waals surface area contributed by atoms with Crippen LogP contribution in [-0.4, -0.2) is 35.6 Å². The molecule has 5 nitrogen and oxygen atoms in total. The largest absolute Gasteiger partial charge is 0.398 e. The van der Waals surface area contributed by atoms with Gasteiger partial charge in [-0.3, -0.25) is 4.98 Å². The quantitative estimate of drug-likeness (QED) is 0.746. The number of hydrogen-bond acceptors (Lipinski definition) is 5. The lowest BCUT2D eigenvalue weighted by Gasteiger charge is -2.21. The number of sulfone groups is 1. The Balaban J connectivity index is 2.20. The van der Waals surface area contributed by atoms with Crippen LogP contribution in [0.4, 0.5) is 5.69 Å². The number of nitrogen functional groups attached to an aromatic ring is 1. The third-order valence-corrected chi connectivity index (χ3v) is 4.63. The van der Waals surface area contributed by atoms with E-state index in [1.165, 1.54) is 0 Å². The Morgan fingerprint density at radius 1 is 1.56 bits per heavy atom. The summed E-state index contributed by atoms with van der Waals surface area (Å²) in [6.45, 7) is 0. The second-order valence-corrected chi connectivity index (χ2v) is 6.50. The van der Waals surface area contributed by atoms with E-state index in [0.717, 1.165) is 0 Å². The number of anilines is 1. The Labute approximate surface area is 94.2 Å². The van der Waals surface area contributed by atoms with E-state index in [0.29, 0.717) is 11.3 Å². The van der Waals surface area contributed by atoms with Gasteiger partial charge in [0, 0.05) is 24.5 Å². The van der Waals surface area contributed by atoms with Crippen LogP contribution < -0.4 is 5.73 Å². The van der Waals surface area contributed by atoms with Crippen LogP contribution in [0.5, 0.6) is 0 Å². The monoisotopic (exact) mass is 242 g/mol. The number of pyridine rings is 1. The standard InChI is InChI=1S/C10H14N2O3S/c11-9-1-3-12-6-8(9)5-10(13)2-4-16(14,15)7-10/h1,3,6,13H,2,4-5,7H2,(H2,11,12). The molecule has 1 aromatic heterocycles. The second kappa shape index (κ2) is 3.71. The molecule has 0 amide bonds. The molecule has 1 aromatic rings. The lowest BCUT2D eigenvalue weighted by atomic mass is 9.94. The summed E-state index contributed by atoms with van der Waals surface area (Å²) in [4.78, 5) is 3.91. The average molecular weight is 242 g/mol.